The van der Waals surface area contributed by atoms with Gasteiger partial charge in [0, 0.05) is 22.7 Å². The zero-order valence-electron chi connectivity index (χ0n) is 10.5. The van der Waals surface area contributed by atoms with E-state index in [0.29, 0.717) is 5.88 Å². The minimum Gasteiger partial charge on any atom is -0.438 e. The molecular weight excluding hydrogens is 244 g/mol. The van der Waals surface area contributed by atoms with Crippen molar-refractivity contribution in [2.45, 2.75) is 17.9 Å². The number of rotatable bonds is 4. The Balaban J connectivity index is 2.34. The van der Waals surface area contributed by atoms with Crippen LogP contribution in [0.2, 0.25) is 0 Å². The molecule has 0 aliphatic heterocycles. The zero-order chi connectivity index (χ0) is 13.0. The Bertz CT molecular complexity index is 529. The second kappa shape index (κ2) is 5.89. The van der Waals surface area contributed by atoms with Crippen LogP contribution < -0.4 is 10.5 Å². The van der Waals surface area contributed by atoms with Crippen LogP contribution in [0.3, 0.4) is 0 Å². The number of nitrogens with zero attached hydrogens (tertiary/aromatic N) is 1. The molecule has 0 amide bonds. The summed E-state index contributed by atoms with van der Waals surface area (Å²) in [6, 6.07) is 11.6. The molecule has 1 aromatic carbocycles. The van der Waals surface area contributed by atoms with Gasteiger partial charge in [0.15, 0.2) is 0 Å². The second-order valence-corrected chi connectivity index (χ2v) is 4.79. The monoisotopic (exact) mass is 260 g/mol. The van der Waals surface area contributed by atoms with Crippen molar-refractivity contribution in [2.24, 2.45) is 5.73 Å². The highest BCUT2D eigenvalue weighted by molar-refractivity contribution is 7.98. The lowest BCUT2D eigenvalue weighted by Gasteiger charge is -2.13. The van der Waals surface area contributed by atoms with Crippen molar-refractivity contribution in [1.82, 2.24) is 4.98 Å². The van der Waals surface area contributed by atoms with Crippen molar-refractivity contribution in [3.63, 3.8) is 0 Å². The molecule has 1 aromatic heterocycles. The summed E-state index contributed by atoms with van der Waals surface area (Å²) in [4.78, 5) is 5.34. The Morgan fingerprint density at radius 2 is 2.00 bits per heavy atom. The first kappa shape index (κ1) is 12.9. The molecule has 0 spiro atoms. The van der Waals surface area contributed by atoms with E-state index in [1.807, 2.05) is 49.6 Å². The number of para-hydroxylation sites is 1. The van der Waals surface area contributed by atoms with Gasteiger partial charge >= 0.3 is 0 Å². The number of pyridine rings is 1. The highest BCUT2D eigenvalue weighted by Crippen LogP contribution is 2.32. The SMILES string of the molecule is CSc1ccccc1Oc1ncccc1[C@H](C)N. The molecule has 1 atom stereocenters. The number of hydrogen-bond donors (Lipinski definition) is 1. The number of thioether (sulfide) groups is 1. The first-order chi connectivity index (χ1) is 8.72. The van der Waals surface area contributed by atoms with E-state index in [9.17, 15) is 0 Å². The molecule has 18 heavy (non-hydrogen) atoms. The van der Waals surface area contributed by atoms with Gasteiger partial charge in [-0.15, -0.1) is 11.8 Å². The van der Waals surface area contributed by atoms with Gasteiger partial charge in [0.1, 0.15) is 5.75 Å². The predicted molar refractivity (Wildman–Crippen MR) is 75.1 cm³/mol. The average Bonchev–Trinajstić information content (AvgIpc) is 2.40. The summed E-state index contributed by atoms with van der Waals surface area (Å²) in [5, 5.41) is 0. The molecule has 1 heterocycles. The summed E-state index contributed by atoms with van der Waals surface area (Å²) in [7, 11) is 0. The summed E-state index contributed by atoms with van der Waals surface area (Å²) < 4.78 is 5.88. The molecule has 0 aliphatic rings. The van der Waals surface area contributed by atoms with Crippen molar-refractivity contribution in [1.29, 1.82) is 0 Å². The summed E-state index contributed by atoms with van der Waals surface area (Å²) in [5.74, 6) is 1.39. The number of aromatic nitrogens is 1. The van der Waals surface area contributed by atoms with Crippen LogP contribution in [0.4, 0.5) is 0 Å². The summed E-state index contributed by atoms with van der Waals surface area (Å²) in [6.45, 7) is 1.92. The maximum atomic E-state index is 5.91. The second-order valence-electron chi connectivity index (χ2n) is 3.94. The Morgan fingerprint density at radius 3 is 2.72 bits per heavy atom. The summed E-state index contributed by atoms with van der Waals surface area (Å²) in [6.07, 6.45) is 3.73. The quantitative estimate of drug-likeness (QED) is 0.853. The molecule has 0 fully saturated rings. The lowest BCUT2D eigenvalue weighted by molar-refractivity contribution is 0.442. The Labute approximate surface area is 111 Å². The van der Waals surface area contributed by atoms with Crippen molar-refractivity contribution in [3.05, 3.63) is 48.2 Å². The number of hydrogen-bond acceptors (Lipinski definition) is 4. The van der Waals surface area contributed by atoms with Crippen LogP contribution in [-0.2, 0) is 0 Å². The first-order valence-electron chi connectivity index (χ1n) is 5.73. The molecule has 3 nitrogen and oxygen atoms in total. The van der Waals surface area contributed by atoms with E-state index in [2.05, 4.69) is 4.98 Å². The zero-order valence-corrected chi connectivity index (χ0v) is 11.3. The molecule has 2 rings (SSSR count). The fraction of sp³-hybridized carbons (Fsp3) is 0.214. The molecular formula is C14H16N2OS. The molecule has 0 bridgehead atoms. The Hall–Kier alpha value is -1.52. The smallest absolute Gasteiger partial charge is 0.224 e. The molecule has 0 aliphatic carbocycles. The van der Waals surface area contributed by atoms with Gasteiger partial charge in [0.25, 0.3) is 0 Å². The van der Waals surface area contributed by atoms with Crippen LogP contribution in [-0.4, -0.2) is 11.2 Å². The fourth-order valence-electron chi connectivity index (χ4n) is 1.64. The van der Waals surface area contributed by atoms with Gasteiger partial charge in [-0.05, 0) is 31.4 Å². The van der Waals surface area contributed by atoms with E-state index in [-0.39, 0.29) is 6.04 Å². The maximum Gasteiger partial charge on any atom is 0.224 e. The molecule has 0 unspecified atom stereocenters. The van der Waals surface area contributed by atoms with Crippen LogP contribution in [0.15, 0.2) is 47.5 Å². The minimum atomic E-state index is -0.102. The third-order valence-electron chi connectivity index (χ3n) is 2.57. The van der Waals surface area contributed by atoms with Crippen LogP contribution in [0.5, 0.6) is 11.6 Å². The van der Waals surface area contributed by atoms with Gasteiger partial charge in [-0.1, -0.05) is 18.2 Å². The van der Waals surface area contributed by atoms with Crippen molar-refractivity contribution in [2.75, 3.05) is 6.26 Å². The summed E-state index contributed by atoms with van der Waals surface area (Å²) >= 11 is 1.64. The molecule has 94 valence electrons. The number of benzene rings is 1. The Kier molecular flexibility index (Phi) is 4.23. The molecule has 4 heteroatoms. The van der Waals surface area contributed by atoms with Gasteiger partial charge in [0.2, 0.25) is 5.88 Å². The fourth-order valence-corrected chi connectivity index (χ4v) is 2.17. The maximum absolute atomic E-state index is 5.91. The average molecular weight is 260 g/mol. The van der Waals surface area contributed by atoms with E-state index < -0.39 is 0 Å². The van der Waals surface area contributed by atoms with Crippen LogP contribution in [0, 0.1) is 0 Å². The predicted octanol–water partition coefficient (Wildman–Crippen LogP) is 3.62. The molecule has 2 aromatic rings. The van der Waals surface area contributed by atoms with Gasteiger partial charge in [-0.2, -0.15) is 0 Å². The van der Waals surface area contributed by atoms with Gasteiger partial charge in [0.05, 0.1) is 0 Å². The normalized spacial score (nSPS) is 12.2. The van der Waals surface area contributed by atoms with Crippen LogP contribution in [0.25, 0.3) is 0 Å². The standard InChI is InChI=1S/C14H16N2OS/c1-10(15)11-6-5-9-16-14(11)17-12-7-3-4-8-13(12)18-2/h3-10H,15H2,1-2H3/t10-/m0/s1. The highest BCUT2D eigenvalue weighted by atomic mass is 32.2. The van der Waals surface area contributed by atoms with Crippen molar-refractivity contribution < 1.29 is 4.74 Å². The van der Waals surface area contributed by atoms with E-state index in [4.69, 9.17) is 10.5 Å². The lowest BCUT2D eigenvalue weighted by atomic mass is 10.1. The van der Waals surface area contributed by atoms with Crippen LogP contribution >= 0.6 is 11.8 Å². The molecule has 0 radical (unpaired) electrons. The topological polar surface area (TPSA) is 48.1 Å². The number of ether oxygens (including phenoxy) is 1. The summed E-state index contributed by atoms with van der Waals surface area (Å²) in [5.41, 5.74) is 6.82. The number of nitrogens with two attached hydrogens (primary N) is 1. The van der Waals surface area contributed by atoms with E-state index in [1.54, 1.807) is 18.0 Å². The Morgan fingerprint density at radius 1 is 1.22 bits per heavy atom. The van der Waals surface area contributed by atoms with Crippen LogP contribution in [0.1, 0.15) is 18.5 Å². The molecule has 2 N–H and O–H groups in total. The van der Waals surface area contributed by atoms with Gasteiger partial charge < -0.3 is 10.5 Å². The van der Waals surface area contributed by atoms with Gasteiger partial charge in [-0.3, -0.25) is 0 Å². The van der Waals surface area contributed by atoms with Crippen molar-refractivity contribution in [3.8, 4) is 11.6 Å². The van der Waals surface area contributed by atoms with Crippen molar-refractivity contribution >= 4 is 11.8 Å². The highest BCUT2D eigenvalue weighted by Gasteiger charge is 2.11. The minimum absolute atomic E-state index is 0.102. The van der Waals surface area contributed by atoms with Gasteiger partial charge in [-0.25, -0.2) is 4.98 Å². The molecule has 0 saturated carbocycles. The van der Waals surface area contributed by atoms with E-state index in [0.717, 1.165) is 16.2 Å². The first-order valence-corrected chi connectivity index (χ1v) is 6.96. The van der Waals surface area contributed by atoms with E-state index in [1.165, 1.54) is 0 Å². The molecule has 0 saturated heterocycles. The third-order valence-corrected chi connectivity index (χ3v) is 3.34. The van der Waals surface area contributed by atoms with E-state index >= 15 is 0 Å². The lowest BCUT2D eigenvalue weighted by Crippen LogP contribution is -2.07. The largest absolute Gasteiger partial charge is 0.438 e. The third kappa shape index (κ3) is 2.83.